The molecule has 29 heavy (non-hydrogen) atoms. The third kappa shape index (κ3) is 6.50. The van der Waals surface area contributed by atoms with Gasteiger partial charge in [-0.1, -0.05) is 12.1 Å². The smallest absolute Gasteiger partial charge is 0.394 e. The second-order valence-corrected chi connectivity index (χ2v) is 7.12. The van der Waals surface area contributed by atoms with Crippen molar-refractivity contribution in [3.05, 3.63) is 59.2 Å². The van der Waals surface area contributed by atoms with E-state index in [1.54, 1.807) is 25.4 Å². The fourth-order valence-corrected chi connectivity index (χ4v) is 2.83. The van der Waals surface area contributed by atoms with Crippen LogP contribution in [0.1, 0.15) is 16.8 Å². The van der Waals surface area contributed by atoms with E-state index in [1.807, 2.05) is 6.07 Å². The van der Waals surface area contributed by atoms with E-state index >= 15 is 0 Å². The maximum absolute atomic E-state index is 13.0. The van der Waals surface area contributed by atoms with Gasteiger partial charge in [0.1, 0.15) is 23.7 Å². The molecule has 0 atom stereocenters. The Labute approximate surface area is 168 Å². The fraction of sp³-hybridized carbons (Fsp3) is 0.316. The lowest BCUT2D eigenvalue weighted by molar-refractivity contribution is 0.187. The van der Waals surface area contributed by atoms with Crippen LogP contribution in [0.3, 0.4) is 0 Å². The summed E-state index contributed by atoms with van der Waals surface area (Å²) >= 11 is 0. The van der Waals surface area contributed by atoms with Gasteiger partial charge in [-0.15, -0.1) is 0 Å². The summed E-state index contributed by atoms with van der Waals surface area (Å²) in [5.74, 6) is 0.529. The van der Waals surface area contributed by atoms with E-state index < -0.39 is 10.4 Å². The van der Waals surface area contributed by atoms with Crippen LogP contribution in [0.5, 0.6) is 5.75 Å². The molecule has 0 radical (unpaired) electrons. The summed E-state index contributed by atoms with van der Waals surface area (Å²) in [6.07, 6.45) is 1.76. The summed E-state index contributed by atoms with van der Waals surface area (Å²) in [7, 11) is -2.97. The van der Waals surface area contributed by atoms with Gasteiger partial charge < -0.3 is 14.0 Å². The molecule has 0 saturated carbocycles. The summed E-state index contributed by atoms with van der Waals surface area (Å²) in [6.45, 7) is 5.89. The van der Waals surface area contributed by atoms with Gasteiger partial charge in [-0.2, -0.15) is 8.42 Å². The number of aryl methyl sites for hydroxylation is 1. The van der Waals surface area contributed by atoms with Crippen molar-refractivity contribution >= 4 is 21.4 Å². The van der Waals surface area contributed by atoms with Gasteiger partial charge in [0.15, 0.2) is 0 Å². The Morgan fingerprint density at radius 3 is 2.34 bits per heavy atom. The van der Waals surface area contributed by atoms with Gasteiger partial charge in [0.25, 0.3) is 0 Å². The molecular weight excluding hydrogens is 403 g/mol. The molecule has 8 nitrogen and oxygen atoms in total. The van der Waals surface area contributed by atoms with Crippen molar-refractivity contribution in [2.75, 3.05) is 13.7 Å². The van der Waals surface area contributed by atoms with Gasteiger partial charge >= 0.3 is 10.4 Å². The summed E-state index contributed by atoms with van der Waals surface area (Å²) in [4.78, 5) is 4.51. The Morgan fingerprint density at radius 1 is 1.14 bits per heavy atom. The summed E-state index contributed by atoms with van der Waals surface area (Å²) in [6, 6.07) is 8.21. The van der Waals surface area contributed by atoms with Crippen molar-refractivity contribution in [1.29, 1.82) is 0 Å². The predicted octanol–water partition coefficient (Wildman–Crippen LogP) is 3.36. The number of hydrogen-bond acceptors (Lipinski definition) is 5. The van der Waals surface area contributed by atoms with Crippen LogP contribution in [0.25, 0.3) is 11.0 Å². The first kappa shape index (κ1) is 22.8. The van der Waals surface area contributed by atoms with E-state index in [-0.39, 0.29) is 5.82 Å². The first-order valence-electron chi connectivity index (χ1n) is 8.62. The van der Waals surface area contributed by atoms with Crippen LogP contribution < -0.4 is 4.74 Å². The van der Waals surface area contributed by atoms with E-state index in [0.29, 0.717) is 13.2 Å². The molecule has 2 heterocycles. The minimum absolute atomic E-state index is 0.246. The summed E-state index contributed by atoms with van der Waals surface area (Å²) in [5, 5.41) is 0. The Hall–Kier alpha value is -2.53. The highest BCUT2D eigenvalue weighted by atomic mass is 32.3. The highest BCUT2D eigenvalue weighted by molar-refractivity contribution is 7.79. The van der Waals surface area contributed by atoms with E-state index in [0.717, 1.165) is 40.1 Å². The molecule has 0 fully saturated rings. The number of aromatic nitrogens is 2. The van der Waals surface area contributed by atoms with Crippen molar-refractivity contribution in [1.82, 2.24) is 9.55 Å². The topological polar surface area (TPSA) is 111 Å². The van der Waals surface area contributed by atoms with Crippen molar-refractivity contribution in [2.45, 2.75) is 27.0 Å². The van der Waals surface area contributed by atoms with Crippen LogP contribution in [0.4, 0.5) is 4.39 Å². The fourth-order valence-electron chi connectivity index (χ4n) is 2.83. The summed E-state index contributed by atoms with van der Waals surface area (Å²) in [5.41, 5.74) is 5.15. The summed E-state index contributed by atoms with van der Waals surface area (Å²) < 4.78 is 58.0. The largest absolute Gasteiger partial charge is 0.487 e. The molecule has 10 heteroatoms. The predicted molar refractivity (Wildman–Crippen MR) is 106 cm³/mol. The van der Waals surface area contributed by atoms with E-state index in [2.05, 4.69) is 23.4 Å². The Kier molecular flexibility index (Phi) is 7.68. The molecule has 1 aromatic carbocycles. The first-order chi connectivity index (χ1) is 13.6. The lowest BCUT2D eigenvalue weighted by atomic mass is 10.2. The van der Waals surface area contributed by atoms with E-state index in [9.17, 15) is 4.39 Å². The second kappa shape index (κ2) is 9.79. The third-order valence-electron chi connectivity index (χ3n) is 4.29. The monoisotopic (exact) mass is 426 g/mol. The molecule has 0 aliphatic heterocycles. The number of pyridine rings is 1. The van der Waals surface area contributed by atoms with Crippen LogP contribution in [0, 0.1) is 19.7 Å². The average molecular weight is 426 g/mol. The normalized spacial score (nSPS) is 11.2. The first-order valence-corrected chi connectivity index (χ1v) is 10.0. The molecule has 0 bridgehead atoms. The molecule has 0 aliphatic rings. The van der Waals surface area contributed by atoms with Crippen molar-refractivity contribution < 1.29 is 31.4 Å². The number of hydrogen-bond donors (Lipinski definition) is 2. The zero-order valence-electron chi connectivity index (χ0n) is 16.3. The Bertz CT molecular complexity index is 1060. The molecular formula is C19H23FN2O6S. The minimum atomic E-state index is -4.67. The maximum Gasteiger partial charge on any atom is 0.394 e. The van der Waals surface area contributed by atoms with Gasteiger partial charge in [0.05, 0.1) is 12.1 Å². The highest BCUT2D eigenvalue weighted by Gasteiger charge is 2.16. The number of methoxy groups -OCH3 is 1. The molecule has 0 unspecified atom stereocenters. The van der Waals surface area contributed by atoms with Gasteiger partial charge in [-0.05, 0) is 37.1 Å². The van der Waals surface area contributed by atoms with Crippen molar-refractivity contribution in [2.24, 2.45) is 0 Å². The lowest BCUT2D eigenvalue weighted by Crippen LogP contribution is -2.07. The Balaban J connectivity index is 0.000000537. The van der Waals surface area contributed by atoms with Crippen LogP contribution in [-0.2, 0) is 28.3 Å². The zero-order chi connectivity index (χ0) is 21.6. The molecule has 3 rings (SSSR count). The lowest BCUT2D eigenvalue weighted by Gasteiger charge is -2.12. The quantitative estimate of drug-likeness (QED) is 0.582. The van der Waals surface area contributed by atoms with E-state index in [1.165, 1.54) is 12.1 Å². The number of benzene rings is 1. The van der Waals surface area contributed by atoms with Gasteiger partial charge in [0, 0.05) is 31.6 Å². The Morgan fingerprint density at radius 2 is 1.76 bits per heavy atom. The molecule has 0 aliphatic carbocycles. The molecule has 3 aromatic rings. The minimum Gasteiger partial charge on any atom is -0.487 e. The van der Waals surface area contributed by atoms with Crippen LogP contribution in [-0.4, -0.2) is 40.8 Å². The SMILES string of the molecule is COCCn1c(C)c(C)c2nccc(OCc3ccc(F)cc3)c21.O=S(=O)(O)O. The van der Waals surface area contributed by atoms with Gasteiger partial charge in [-0.3, -0.25) is 14.1 Å². The molecule has 158 valence electrons. The number of rotatable bonds is 6. The van der Waals surface area contributed by atoms with E-state index in [4.69, 9.17) is 27.0 Å². The zero-order valence-corrected chi connectivity index (χ0v) is 17.1. The second-order valence-electron chi connectivity index (χ2n) is 6.22. The third-order valence-corrected chi connectivity index (χ3v) is 4.29. The van der Waals surface area contributed by atoms with Gasteiger partial charge in [0.2, 0.25) is 0 Å². The number of halogens is 1. The van der Waals surface area contributed by atoms with Crippen LogP contribution in [0.2, 0.25) is 0 Å². The molecule has 0 amide bonds. The molecule has 0 saturated heterocycles. The average Bonchev–Trinajstić information content (AvgIpc) is 2.89. The van der Waals surface area contributed by atoms with Crippen molar-refractivity contribution in [3.63, 3.8) is 0 Å². The number of fused-ring (bicyclic) bond motifs is 1. The molecule has 2 N–H and O–H groups in total. The standard InChI is InChI=1S/C19H21FN2O2.H2O4S/c1-13-14(2)22(10-11-23-3)19-17(8-9-21-18(13)19)24-12-15-4-6-16(20)7-5-15;1-5(2,3)4/h4-9H,10-12H2,1-3H3;(H2,1,2,3,4). The van der Waals surface area contributed by atoms with Crippen LogP contribution >= 0.6 is 0 Å². The number of ether oxygens (including phenoxy) is 2. The van der Waals surface area contributed by atoms with Crippen LogP contribution in [0.15, 0.2) is 36.5 Å². The molecule has 0 spiro atoms. The van der Waals surface area contributed by atoms with Crippen molar-refractivity contribution in [3.8, 4) is 5.75 Å². The highest BCUT2D eigenvalue weighted by Crippen LogP contribution is 2.31. The number of nitrogens with zero attached hydrogens (tertiary/aromatic N) is 2. The van der Waals surface area contributed by atoms with Gasteiger partial charge in [-0.25, -0.2) is 4.39 Å². The molecule has 2 aromatic heterocycles. The maximum atomic E-state index is 13.0.